The van der Waals surface area contributed by atoms with E-state index in [1.54, 1.807) is 37.7 Å². The number of urea groups is 1. The van der Waals surface area contributed by atoms with Crippen molar-refractivity contribution in [2.45, 2.75) is 17.9 Å². The van der Waals surface area contributed by atoms with Gasteiger partial charge in [0.2, 0.25) is 0 Å². The van der Waals surface area contributed by atoms with Crippen LogP contribution in [0.1, 0.15) is 11.1 Å². The fourth-order valence-electron chi connectivity index (χ4n) is 2.88. The van der Waals surface area contributed by atoms with Gasteiger partial charge in [-0.2, -0.15) is 0 Å². The molecular weight excluding hydrogens is 402 g/mol. The molecule has 7 nitrogen and oxygen atoms in total. The quantitative estimate of drug-likeness (QED) is 0.576. The molecule has 0 atom stereocenters. The Morgan fingerprint density at radius 2 is 1.80 bits per heavy atom. The summed E-state index contributed by atoms with van der Waals surface area (Å²) in [4.78, 5) is 16.2. The number of aromatic nitrogens is 1. The minimum absolute atomic E-state index is 0.0360. The summed E-state index contributed by atoms with van der Waals surface area (Å²) in [5.41, 5.74) is 2.22. The molecule has 30 heavy (non-hydrogen) atoms. The molecule has 0 saturated carbocycles. The van der Waals surface area contributed by atoms with Gasteiger partial charge in [0.15, 0.2) is 9.84 Å². The monoisotopic (exact) mass is 425 g/mol. The predicted octanol–water partition coefficient (Wildman–Crippen LogP) is 3.43. The van der Waals surface area contributed by atoms with Crippen molar-refractivity contribution in [2.75, 3.05) is 18.2 Å². The summed E-state index contributed by atoms with van der Waals surface area (Å²) < 4.78 is 30.6. The topological polar surface area (TPSA) is 97.4 Å². The molecule has 2 amide bonds. The zero-order chi connectivity index (χ0) is 21.4. The van der Waals surface area contributed by atoms with E-state index in [2.05, 4.69) is 15.6 Å². The third-order valence-corrected chi connectivity index (χ3v) is 6.21. The van der Waals surface area contributed by atoms with Crippen molar-refractivity contribution in [3.63, 3.8) is 0 Å². The van der Waals surface area contributed by atoms with Crippen LogP contribution in [-0.2, 0) is 22.8 Å². The first-order valence-electron chi connectivity index (χ1n) is 9.36. The number of amides is 2. The maximum Gasteiger partial charge on any atom is 0.319 e. The molecular formula is C22H23N3O4S. The van der Waals surface area contributed by atoms with Gasteiger partial charge in [0.05, 0.1) is 17.8 Å². The maximum atomic E-state index is 12.7. The van der Waals surface area contributed by atoms with Gasteiger partial charge >= 0.3 is 6.03 Å². The first kappa shape index (κ1) is 21.3. The highest BCUT2D eigenvalue weighted by atomic mass is 32.2. The van der Waals surface area contributed by atoms with Crippen molar-refractivity contribution in [1.29, 1.82) is 0 Å². The van der Waals surface area contributed by atoms with Crippen molar-refractivity contribution in [2.24, 2.45) is 0 Å². The highest BCUT2D eigenvalue weighted by Crippen LogP contribution is 2.21. The molecule has 8 heteroatoms. The van der Waals surface area contributed by atoms with E-state index >= 15 is 0 Å². The molecule has 0 fully saturated rings. The van der Waals surface area contributed by atoms with Gasteiger partial charge in [-0.15, -0.1) is 0 Å². The fourth-order valence-corrected chi connectivity index (χ4v) is 4.15. The van der Waals surface area contributed by atoms with Gasteiger partial charge in [0.1, 0.15) is 5.75 Å². The van der Waals surface area contributed by atoms with Crippen LogP contribution in [0.2, 0.25) is 0 Å². The molecule has 0 aliphatic rings. The number of pyridine rings is 1. The smallest absolute Gasteiger partial charge is 0.319 e. The number of anilines is 1. The summed E-state index contributed by atoms with van der Waals surface area (Å²) in [6, 6.07) is 16.8. The molecule has 1 heterocycles. The number of methoxy groups -OCH3 is 1. The van der Waals surface area contributed by atoms with Crippen LogP contribution in [0.3, 0.4) is 0 Å². The van der Waals surface area contributed by atoms with Crippen LogP contribution in [-0.4, -0.2) is 32.3 Å². The van der Waals surface area contributed by atoms with Crippen molar-refractivity contribution in [1.82, 2.24) is 10.3 Å². The summed E-state index contributed by atoms with van der Waals surface area (Å²) in [5, 5.41) is 5.40. The predicted molar refractivity (Wildman–Crippen MR) is 115 cm³/mol. The summed E-state index contributed by atoms with van der Waals surface area (Å²) in [7, 11) is -1.90. The zero-order valence-corrected chi connectivity index (χ0v) is 17.4. The Kier molecular flexibility index (Phi) is 7.03. The Hall–Kier alpha value is -3.39. The lowest BCUT2D eigenvalue weighted by Crippen LogP contribution is -2.28. The van der Waals surface area contributed by atoms with E-state index in [9.17, 15) is 13.2 Å². The number of nitrogens with zero attached hydrogens (tertiary/aromatic N) is 1. The number of benzene rings is 2. The number of ether oxygens (including phenoxy) is 1. The normalized spacial score (nSPS) is 11.0. The van der Waals surface area contributed by atoms with Crippen molar-refractivity contribution < 1.29 is 17.9 Å². The Bertz CT molecular complexity index is 1080. The molecule has 0 unspecified atom stereocenters. The molecule has 0 bridgehead atoms. The number of sulfone groups is 1. The lowest BCUT2D eigenvalue weighted by molar-refractivity contribution is 0.251. The minimum atomic E-state index is -3.47. The maximum absolute atomic E-state index is 12.7. The average molecular weight is 426 g/mol. The summed E-state index contributed by atoms with van der Waals surface area (Å²) in [5.74, 6) is 0.635. The molecule has 156 valence electrons. The average Bonchev–Trinajstić information content (AvgIpc) is 2.77. The SMILES string of the molecule is COc1ccccc1CCS(=O)(=O)c1ccc(NC(=O)NCc2cccnc2)cc1. The second kappa shape index (κ2) is 9.89. The van der Waals surface area contributed by atoms with Crippen LogP contribution in [0, 0.1) is 0 Å². The van der Waals surface area contributed by atoms with E-state index in [0.29, 0.717) is 24.4 Å². The van der Waals surface area contributed by atoms with Crippen molar-refractivity contribution >= 4 is 21.6 Å². The van der Waals surface area contributed by atoms with Crippen LogP contribution in [0.25, 0.3) is 0 Å². The number of rotatable bonds is 8. The number of carbonyl (C=O) groups is 1. The Morgan fingerprint density at radius 3 is 2.50 bits per heavy atom. The molecule has 0 aliphatic heterocycles. The minimum Gasteiger partial charge on any atom is -0.496 e. The van der Waals surface area contributed by atoms with Gasteiger partial charge in [-0.1, -0.05) is 24.3 Å². The fraction of sp³-hybridized carbons (Fsp3) is 0.182. The van der Waals surface area contributed by atoms with Crippen LogP contribution >= 0.6 is 0 Å². The number of para-hydroxylation sites is 1. The molecule has 0 saturated heterocycles. The lowest BCUT2D eigenvalue weighted by Gasteiger charge is -2.10. The Morgan fingerprint density at radius 1 is 1.03 bits per heavy atom. The van der Waals surface area contributed by atoms with Gasteiger partial charge < -0.3 is 15.4 Å². The van der Waals surface area contributed by atoms with E-state index in [4.69, 9.17) is 4.74 Å². The number of hydrogen-bond acceptors (Lipinski definition) is 5. The zero-order valence-electron chi connectivity index (χ0n) is 16.5. The van der Waals surface area contributed by atoms with Crippen LogP contribution in [0.5, 0.6) is 5.75 Å². The lowest BCUT2D eigenvalue weighted by atomic mass is 10.1. The first-order chi connectivity index (χ1) is 14.5. The molecule has 1 aromatic heterocycles. The number of hydrogen-bond donors (Lipinski definition) is 2. The highest BCUT2D eigenvalue weighted by Gasteiger charge is 2.16. The summed E-state index contributed by atoms with van der Waals surface area (Å²) in [6.45, 7) is 0.342. The number of carbonyl (C=O) groups excluding carboxylic acids is 1. The summed E-state index contributed by atoms with van der Waals surface area (Å²) in [6.07, 6.45) is 3.68. The highest BCUT2D eigenvalue weighted by molar-refractivity contribution is 7.91. The Balaban J connectivity index is 1.56. The second-order valence-electron chi connectivity index (χ2n) is 6.57. The van der Waals surface area contributed by atoms with Gasteiger partial charge in [-0.3, -0.25) is 4.98 Å². The van der Waals surface area contributed by atoms with Crippen molar-refractivity contribution in [3.05, 3.63) is 84.2 Å². The molecule has 3 aromatic rings. The van der Waals surface area contributed by atoms with Gasteiger partial charge in [-0.25, -0.2) is 13.2 Å². The van der Waals surface area contributed by atoms with Gasteiger partial charge in [0, 0.05) is 24.6 Å². The molecule has 0 aliphatic carbocycles. The molecule has 2 N–H and O–H groups in total. The van der Waals surface area contributed by atoms with Crippen LogP contribution in [0.4, 0.5) is 10.5 Å². The third kappa shape index (κ3) is 5.81. The molecule has 3 rings (SSSR count). The molecule has 2 aromatic carbocycles. The summed E-state index contributed by atoms with van der Waals surface area (Å²) >= 11 is 0. The van der Waals surface area contributed by atoms with Crippen LogP contribution in [0.15, 0.2) is 78.0 Å². The first-order valence-corrected chi connectivity index (χ1v) is 11.0. The second-order valence-corrected chi connectivity index (χ2v) is 8.68. The number of aryl methyl sites for hydroxylation is 1. The van der Waals surface area contributed by atoms with Crippen molar-refractivity contribution in [3.8, 4) is 5.75 Å². The van der Waals surface area contributed by atoms with Crippen LogP contribution < -0.4 is 15.4 Å². The molecule has 0 spiro atoms. The third-order valence-electron chi connectivity index (χ3n) is 4.48. The van der Waals surface area contributed by atoms with E-state index in [-0.39, 0.29) is 16.7 Å². The standard InChI is InChI=1S/C22H23N3O4S/c1-29-21-7-3-2-6-18(21)12-14-30(27,28)20-10-8-19(9-11-20)25-22(26)24-16-17-5-4-13-23-15-17/h2-11,13,15H,12,14,16H2,1H3,(H2,24,25,26). The molecule has 0 radical (unpaired) electrons. The van der Waals surface area contributed by atoms with Gasteiger partial charge in [0.25, 0.3) is 0 Å². The van der Waals surface area contributed by atoms with E-state index in [1.807, 2.05) is 30.3 Å². The van der Waals surface area contributed by atoms with E-state index in [1.165, 1.54) is 12.1 Å². The van der Waals surface area contributed by atoms with E-state index < -0.39 is 9.84 Å². The van der Waals surface area contributed by atoms with Gasteiger partial charge in [-0.05, 0) is 53.9 Å². The largest absolute Gasteiger partial charge is 0.496 e. The van der Waals surface area contributed by atoms with E-state index in [0.717, 1.165) is 11.1 Å². The number of nitrogens with one attached hydrogen (secondary N) is 2. The Labute approximate surface area is 176 Å².